The van der Waals surface area contributed by atoms with Crippen molar-refractivity contribution in [3.8, 4) is 6.07 Å². The number of nitrogens with zero attached hydrogens (tertiary/aromatic N) is 1. The predicted octanol–water partition coefficient (Wildman–Crippen LogP) is 4.89. The second-order valence-corrected chi connectivity index (χ2v) is 5.10. The van der Waals surface area contributed by atoms with E-state index in [4.69, 9.17) is 0 Å². The molecule has 19 heavy (non-hydrogen) atoms. The molecule has 1 saturated carbocycles. The molecule has 0 bridgehead atoms. The van der Waals surface area contributed by atoms with Crippen molar-refractivity contribution in [1.29, 1.82) is 5.26 Å². The van der Waals surface area contributed by atoms with E-state index in [9.17, 15) is 18.4 Å². The SMILES string of the molecule is N#C[C@H]1CCCCC[C@H]1c1ccc(C(F)(F)F)cc1. The van der Waals surface area contributed by atoms with Gasteiger partial charge in [0.05, 0.1) is 17.6 Å². The second kappa shape index (κ2) is 5.64. The van der Waals surface area contributed by atoms with E-state index in [1.165, 1.54) is 12.1 Å². The van der Waals surface area contributed by atoms with Gasteiger partial charge < -0.3 is 0 Å². The van der Waals surface area contributed by atoms with Crippen LogP contribution in [0.1, 0.15) is 49.1 Å². The molecule has 4 heteroatoms. The van der Waals surface area contributed by atoms with Crippen LogP contribution < -0.4 is 0 Å². The number of hydrogen-bond acceptors (Lipinski definition) is 1. The highest BCUT2D eigenvalue weighted by Crippen LogP contribution is 2.37. The van der Waals surface area contributed by atoms with Gasteiger partial charge in [0.25, 0.3) is 0 Å². The topological polar surface area (TPSA) is 23.8 Å². The number of hydrogen-bond donors (Lipinski definition) is 0. The zero-order chi connectivity index (χ0) is 13.9. The molecule has 1 aromatic carbocycles. The fourth-order valence-corrected chi connectivity index (χ4v) is 2.78. The van der Waals surface area contributed by atoms with Gasteiger partial charge in [0.2, 0.25) is 0 Å². The van der Waals surface area contributed by atoms with Crippen LogP contribution >= 0.6 is 0 Å². The van der Waals surface area contributed by atoms with E-state index in [1.54, 1.807) is 0 Å². The first-order chi connectivity index (χ1) is 9.02. The molecule has 1 nitrogen and oxygen atoms in total. The first-order valence-corrected chi connectivity index (χ1v) is 6.59. The molecule has 1 fully saturated rings. The van der Waals surface area contributed by atoms with Gasteiger partial charge in [0.15, 0.2) is 0 Å². The molecule has 2 atom stereocenters. The minimum Gasteiger partial charge on any atom is -0.198 e. The Morgan fingerprint density at radius 3 is 2.21 bits per heavy atom. The summed E-state index contributed by atoms with van der Waals surface area (Å²) in [6.45, 7) is 0. The lowest BCUT2D eigenvalue weighted by Gasteiger charge is -2.20. The normalized spacial score (nSPS) is 24.5. The van der Waals surface area contributed by atoms with Crippen LogP contribution in [-0.4, -0.2) is 0 Å². The Balaban J connectivity index is 2.23. The summed E-state index contributed by atoms with van der Waals surface area (Å²) in [7, 11) is 0. The highest BCUT2D eigenvalue weighted by atomic mass is 19.4. The lowest BCUT2D eigenvalue weighted by atomic mass is 9.83. The van der Waals surface area contributed by atoms with E-state index < -0.39 is 11.7 Å². The van der Waals surface area contributed by atoms with Gasteiger partial charge in [-0.3, -0.25) is 0 Å². The summed E-state index contributed by atoms with van der Waals surface area (Å²) in [6, 6.07) is 7.62. The van der Waals surface area contributed by atoms with Gasteiger partial charge >= 0.3 is 6.18 Å². The summed E-state index contributed by atoms with van der Waals surface area (Å²) in [5.74, 6) is 0.00835. The third-order valence-electron chi connectivity index (χ3n) is 3.85. The summed E-state index contributed by atoms with van der Waals surface area (Å²) < 4.78 is 37.6. The third kappa shape index (κ3) is 3.28. The molecule has 0 unspecified atom stereocenters. The second-order valence-electron chi connectivity index (χ2n) is 5.10. The third-order valence-corrected chi connectivity index (χ3v) is 3.85. The standard InChI is InChI=1S/C15H16F3N/c16-15(17,18)13-8-6-11(7-9-13)14-5-3-1-2-4-12(14)10-19/h6-9,12,14H,1-5H2/t12-,14+/m1/s1. The van der Waals surface area contributed by atoms with Crippen LogP contribution in [0.15, 0.2) is 24.3 Å². The van der Waals surface area contributed by atoms with Gasteiger partial charge in [-0.1, -0.05) is 31.4 Å². The molecule has 0 amide bonds. The summed E-state index contributed by atoms with van der Waals surface area (Å²) in [5.41, 5.74) is 0.236. The number of halogens is 3. The zero-order valence-corrected chi connectivity index (χ0v) is 10.6. The minimum atomic E-state index is -4.30. The summed E-state index contributed by atoms with van der Waals surface area (Å²) in [4.78, 5) is 0. The molecule has 0 N–H and O–H groups in total. The van der Waals surface area contributed by atoms with Crippen molar-refractivity contribution in [2.75, 3.05) is 0 Å². The lowest BCUT2D eigenvalue weighted by Crippen LogP contribution is -2.11. The maximum atomic E-state index is 12.5. The average molecular weight is 267 g/mol. The van der Waals surface area contributed by atoms with E-state index in [0.717, 1.165) is 49.8 Å². The van der Waals surface area contributed by atoms with Gasteiger partial charge in [-0.2, -0.15) is 18.4 Å². The fourth-order valence-electron chi connectivity index (χ4n) is 2.78. The summed E-state index contributed by atoms with van der Waals surface area (Å²) >= 11 is 0. The predicted molar refractivity (Wildman–Crippen MR) is 66.4 cm³/mol. The quantitative estimate of drug-likeness (QED) is 0.664. The van der Waals surface area contributed by atoms with Crippen molar-refractivity contribution in [1.82, 2.24) is 0 Å². The fraction of sp³-hybridized carbons (Fsp3) is 0.533. The van der Waals surface area contributed by atoms with Crippen molar-refractivity contribution >= 4 is 0 Å². The van der Waals surface area contributed by atoms with E-state index in [-0.39, 0.29) is 11.8 Å². The Labute approximate surface area is 111 Å². The van der Waals surface area contributed by atoms with E-state index in [0.29, 0.717) is 0 Å². The maximum Gasteiger partial charge on any atom is 0.416 e. The molecule has 0 radical (unpaired) electrons. The van der Waals surface area contributed by atoms with Gasteiger partial charge in [0, 0.05) is 0 Å². The van der Waals surface area contributed by atoms with E-state index in [2.05, 4.69) is 6.07 Å². The van der Waals surface area contributed by atoms with Crippen LogP contribution in [0, 0.1) is 17.2 Å². The van der Waals surface area contributed by atoms with Crippen LogP contribution in [0.2, 0.25) is 0 Å². The number of nitriles is 1. The molecule has 0 aliphatic heterocycles. The minimum absolute atomic E-state index is 0.0702. The molecular formula is C15H16F3N. The first kappa shape index (κ1) is 13.9. The molecule has 0 saturated heterocycles. The summed E-state index contributed by atoms with van der Waals surface area (Å²) in [6.07, 6.45) is 0.636. The molecule has 0 spiro atoms. The van der Waals surface area contributed by atoms with Gasteiger partial charge in [-0.25, -0.2) is 0 Å². The molecule has 1 aliphatic carbocycles. The van der Waals surface area contributed by atoms with Crippen molar-refractivity contribution in [3.05, 3.63) is 35.4 Å². The monoisotopic (exact) mass is 267 g/mol. The van der Waals surface area contributed by atoms with Crippen molar-refractivity contribution < 1.29 is 13.2 Å². The molecule has 0 heterocycles. The average Bonchev–Trinajstić information content (AvgIpc) is 2.62. The highest BCUT2D eigenvalue weighted by molar-refractivity contribution is 5.28. The Kier molecular flexibility index (Phi) is 4.14. The maximum absolute atomic E-state index is 12.5. The largest absolute Gasteiger partial charge is 0.416 e. The van der Waals surface area contributed by atoms with Crippen LogP contribution in [0.4, 0.5) is 13.2 Å². The highest BCUT2D eigenvalue weighted by Gasteiger charge is 2.31. The van der Waals surface area contributed by atoms with Crippen LogP contribution in [0.5, 0.6) is 0 Å². The van der Waals surface area contributed by atoms with E-state index >= 15 is 0 Å². The molecule has 1 aromatic rings. The Morgan fingerprint density at radius 1 is 1.00 bits per heavy atom. The van der Waals surface area contributed by atoms with Crippen molar-refractivity contribution in [3.63, 3.8) is 0 Å². The van der Waals surface area contributed by atoms with Crippen LogP contribution in [0.25, 0.3) is 0 Å². The number of benzene rings is 1. The smallest absolute Gasteiger partial charge is 0.198 e. The molecular weight excluding hydrogens is 251 g/mol. The van der Waals surface area contributed by atoms with Gasteiger partial charge in [0.1, 0.15) is 0 Å². The molecule has 1 aliphatic rings. The van der Waals surface area contributed by atoms with Gasteiger partial charge in [-0.05, 0) is 36.5 Å². The van der Waals surface area contributed by atoms with Crippen LogP contribution in [-0.2, 0) is 6.18 Å². The zero-order valence-electron chi connectivity index (χ0n) is 10.6. The lowest BCUT2D eigenvalue weighted by molar-refractivity contribution is -0.137. The van der Waals surface area contributed by atoms with Gasteiger partial charge in [-0.15, -0.1) is 0 Å². The summed E-state index contributed by atoms with van der Waals surface area (Å²) in [5, 5.41) is 9.20. The van der Waals surface area contributed by atoms with Crippen molar-refractivity contribution in [2.24, 2.45) is 5.92 Å². The Hall–Kier alpha value is -1.50. The van der Waals surface area contributed by atoms with E-state index in [1.807, 2.05) is 0 Å². The Morgan fingerprint density at radius 2 is 1.63 bits per heavy atom. The number of rotatable bonds is 1. The first-order valence-electron chi connectivity index (χ1n) is 6.59. The van der Waals surface area contributed by atoms with Crippen molar-refractivity contribution in [2.45, 2.75) is 44.2 Å². The van der Waals surface area contributed by atoms with Crippen LogP contribution in [0.3, 0.4) is 0 Å². The number of alkyl halides is 3. The Bertz CT molecular complexity index is 456. The molecule has 2 rings (SSSR count). The molecule has 0 aromatic heterocycles. The molecule has 102 valence electrons.